The number of hydrogen-bond donors (Lipinski definition) is 2. The van der Waals surface area contributed by atoms with Crippen LogP contribution in [0.25, 0.3) is 0 Å². The second-order valence-corrected chi connectivity index (χ2v) is 5.95. The molecule has 23 heavy (non-hydrogen) atoms. The molecule has 6 nitrogen and oxygen atoms in total. The van der Waals surface area contributed by atoms with Crippen molar-refractivity contribution < 1.29 is 9.59 Å². The fourth-order valence-electron chi connectivity index (χ4n) is 2.50. The topological polar surface area (TPSA) is 64.7 Å². The molecule has 0 spiro atoms. The van der Waals surface area contributed by atoms with E-state index in [1.54, 1.807) is 12.1 Å². The van der Waals surface area contributed by atoms with Crippen LogP contribution in [0.1, 0.15) is 6.42 Å². The third-order valence-corrected chi connectivity index (χ3v) is 4.16. The van der Waals surface area contributed by atoms with Gasteiger partial charge >= 0.3 is 0 Å². The first-order valence-electron chi connectivity index (χ1n) is 7.79. The van der Waals surface area contributed by atoms with Gasteiger partial charge in [-0.15, -0.1) is 0 Å². The van der Waals surface area contributed by atoms with Crippen molar-refractivity contribution >= 4 is 29.1 Å². The zero-order chi connectivity index (χ0) is 16.7. The molecule has 2 amide bonds. The second-order valence-electron chi connectivity index (χ2n) is 5.54. The van der Waals surface area contributed by atoms with Gasteiger partial charge in [0, 0.05) is 39.1 Å². The number of hydrogen-bond acceptors (Lipinski definition) is 4. The Balaban J connectivity index is 1.74. The number of carbonyl (C=O) groups excluding carboxylic acids is 2. The van der Waals surface area contributed by atoms with Gasteiger partial charge in [0.2, 0.25) is 11.8 Å². The van der Waals surface area contributed by atoms with Crippen molar-refractivity contribution in [1.29, 1.82) is 0 Å². The molecule has 1 heterocycles. The maximum absolute atomic E-state index is 12.1. The number of nitrogens with one attached hydrogen (secondary N) is 2. The van der Waals surface area contributed by atoms with E-state index in [4.69, 9.17) is 11.6 Å². The Morgan fingerprint density at radius 2 is 1.87 bits per heavy atom. The molecule has 1 saturated heterocycles. The van der Waals surface area contributed by atoms with Gasteiger partial charge in [0.25, 0.3) is 0 Å². The van der Waals surface area contributed by atoms with E-state index in [0.29, 0.717) is 56.4 Å². The van der Waals surface area contributed by atoms with E-state index in [9.17, 15) is 9.59 Å². The summed E-state index contributed by atoms with van der Waals surface area (Å²) >= 11 is 6.03. The third-order valence-electron chi connectivity index (χ3n) is 3.83. The van der Waals surface area contributed by atoms with Crippen LogP contribution in [0.5, 0.6) is 0 Å². The van der Waals surface area contributed by atoms with E-state index in [2.05, 4.69) is 10.6 Å². The fraction of sp³-hybridized carbons (Fsp3) is 0.500. The van der Waals surface area contributed by atoms with Gasteiger partial charge in [-0.3, -0.25) is 14.5 Å². The normalized spacial score (nSPS) is 15.5. The fourth-order valence-corrected chi connectivity index (χ4v) is 2.68. The van der Waals surface area contributed by atoms with Crippen molar-refractivity contribution in [2.45, 2.75) is 6.42 Å². The highest BCUT2D eigenvalue weighted by atomic mass is 35.5. The van der Waals surface area contributed by atoms with Gasteiger partial charge in [-0.05, 0) is 19.2 Å². The van der Waals surface area contributed by atoms with Gasteiger partial charge < -0.3 is 15.5 Å². The monoisotopic (exact) mass is 338 g/mol. The molecule has 0 radical (unpaired) electrons. The Hall–Kier alpha value is -1.63. The summed E-state index contributed by atoms with van der Waals surface area (Å²) in [6.07, 6.45) is 0.517. The van der Waals surface area contributed by atoms with E-state index >= 15 is 0 Å². The maximum atomic E-state index is 12.1. The van der Waals surface area contributed by atoms with Gasteiger partial charge in [0.1, 0.15) is 0 Å². The van der Waals surface area contributed by atoms with Crippen LogP contribution in [0.2, 0.25) is 5.02 Å². The molecular formula is C16H23ClN4O2. The average Bonchev–Trinajstić information content (AvgIpc) is 2.55. The van der Waals surface area contributed by atoms with Crippen LogP contribution in [0.4, 0.5) is 5.69 Å². The molecule has 0 unspecified atom stereocenters. The molecule has 2 N–H and O–H groups in total. The zero-order valence-corrected chi connectivity index (χ0v) is 14.1. The Labute approximate surface area is 141 Å². The van der Waals surface area contributed by atoms with Crippen molar-refractivity contribution in [3.8, 4) is 0 Å². The van der Waals surface area contributed by atoms with E-state index in [0.717, 1.165) is 0 Å². The standard InChI is InChI=1S/C16H23ClN4O2/c1-18-7-6-16(23)21-10-8-20(9-11-21)12-15(22)19-14-5-3-2-4-13(14)17/h2-5,18H,6-12H2,1H3,(H,19,22). The highest BCUT2D eigenvalue weighted by Crippen LogP contribution is 2.20. The summed E-state index contributed by atoms with van der Waals surface area (Å²) in [5, 5.41) is 6.33. The number of halogens is 1. The largest absolute Gasteiger partial charge is 0.340 e. The van der Waals surface area contributed by atoms with E-state index < -0.39 is 0 Å². The minimum Gasteiger partial charge on any atom is -0.340 e. The molecule has 1 aliphatic heterocycles. The molecule has 1 aromatic rings. The number of rotatable bonds is 6. The number of nitrogens with zero attached hydrogens (tertiary/aromatic N) is 2. The second kappa shape index (κ2) is 8.86. The number of benzene rings is 1. The Kier molecular flexibility index (Phi) is 6.83. The molecule has 0 saturated carbocycles. The van der Waals surface area contributed by atoms with Gasteiger partial charge in [0.05, 0.1) is 17.3 Å². The molecule has 7 heteroatoms. The lowest BCUT2D eigenvalue weighted by Gasteiger charge is -2.34. The molecule has 0 atom stereocenters. The van der Waals surface area contributed by atoms with Gasteiger partial charge in [-0.2, -0.15) is 0 Å². The summed E-state index contributed by atoms with van der Waals surface area (Å²) in [6.45, 7) is 3.76. The molecule has 0 aromatic heterocycles. The predicted octanol–water partition coefficient (Wildman–Crippen LogP) is 1.03. The van der Waals surface area contributed by atoms with Crippen LogP contribution in [0.15, 0.2) is 24.3 Å². The SMILES string of the molecule is CNCCC(=O)N1CCN(CC(=O)Nc2ccccc2Cl)CC1. The Bertz CT molecular complexity index is 545. The summed E-state index contributed by atoms with van der Waals surface area (Å²) < 4.78 is 0. The smallest absolute Gasteiger partial charge is 0.238 e. The molecule has 0 aliphatic carbocycles. The summed E-state index contributed by atoms with van der Waals surface area (Å²) in [5.41, 5.74) is 0.625. The Morgan fingerprint density at radius 1 is 1.17 bits per heavy atom. The van der Waals surface area contributed by atoms with Crippen molar-refractivity contribution in [3.05, 3.63) is 29.3 Å². The third kappa shape index (κ3) is 5.49. The quantitative estimate of drug-likeness (QED) is 0.813. The highest BCUT2D eigenvalue weighted by Gasteiger charge is 2.22. The minimum atomic E-state index is -0.0898. The molecule has 2 rings (SSSR count). The van der Waals surface area contributed by atoms with Crippen LogP contribution < -0.4 is 10.6 Å². The lowest BCUT2D eigenvalue weighted by Crippen LogP contribution is -2.50. The van der Waals surface area contributed by atoms with Gasteiger partial charge in [0.15, 0.2) is 0 Å². The zero-order valence-electron chi connectivity index (χ0n) is 13.3. The van der Waals surface area contributed by atoms with E-state index in [-0.39, 0.29) is 11.8 Å². The number of anilines is 1. The molecule has 1 aliphatic rings. The van der Waals surface area contributed by atoms with Gasteiger partial charge in [-0.1, -0.05) is 23.7 Å². The first kappa shape index (κ1) is 17.7. The van der Waals surface area contributed by atoms with Crippen molar-refractivity contribution in [3.63, 3.8) is 0 Å². The van der Waals surface area contributed by atoms with E-state index in [1.807, 2.05) is 29.0 Å². The number of piperazine rings is 1. The Morgan fingerprint density at radius 3 is 2.52 bits per heavy atom. The summed E-state index contributed by atoms with van der Waals surface area (Å²) in [4.78, 5) is 27.9. The number of carbonyl (C=O) groups is 2. The lowest BCUT2D eigenvalue weighted by atomic mass is 10.2. The number of amides is 2. The first-order chi connectivity index (χ1) is 11.1. The van der Waals surface area contributed by atoms with Gasteiger partial charge in [-0.25, -0.2) is 0 Å². The van der Waals surface area contributed by atoms with Crippen LogP contribution in [0.3, 0.4) is 0 Å². The molecular weight excluding hydrogens is 316 g/mol. The van der Waals surface area contributed by atoms with Crippen molar-refractivity contribution in [1.82, 2.24) is 15.1 Å². The highest BCUT2D eigenvalue weighted by molar-refractivity contribution is 6.33. The molecule has 1 fully saturated rings. The molecule has 1 aromatic carbocycles. The minimum absolute atomic E-state index is 0.0898. The predicted molar refractivity (Wildman–Crippen MR) is 91.6 cm³/mol. The number of para-hydroxylation sites is 1. The average molecular weight is 339 g/mol. The first-order valence-corrected chi connectivity index (χ1v) is 8.17. The van der Waals surface area contributed by atoms with Crippen LogP contribution in [0, 0.1) is 0 Å². The van der Waals surface area contributed by atoms with Crippen LogP contribution in [-0.4, -0.2) is 67.9 Å². The summed E-state index contributed by atoms with van der Waals surface area (Å²) in [6, 6.07) is 7.17. The van der Waals surface area contributed by atoms with E-state index in [1.165, 1.54) is 0 Å². The van der Waals surface area contributed by atoms with Crippen LogP contribution in [-0.2, 0) is 9.59 Å². The summed E-state index contributed by atoms with van der Waals surface area (Å²) in [7, 11) is 1.84. The molecule has 0 bridgehead atoms. The molecule has 126 valence electrons. The van der Waals surface area contributed by atoms with Crippen LogP contribution >= 0.6 is 11.6 Å². The maximum Gasteiger partial charge on any atom is 0.238 e. The van der Waals surface area contributed by atoms with Crippen molar-refractivity contribution in [2.75, 3.05) is 51.6 Å². The lowest BCUT2D eigenvalue weighted by molar-refractivity contribution is -0.133. The van der Waals surface area contributed by atoms with Crippen molar-refractivity contribution in [2.24, 2.45) is 0 Å². The summed E-state index contributed by atoms with van der Waals surface area (Å²) in [5.74, 6) is 0.0765.